The Balaban J connectivity index is 4.20. The van der Waals surface area contributed by atoms with Crippen LogP contribution in [0.2, 0.25) is 0 Å². The summed E-state index contributed by atoms with van der Waals surface area (Å²) in [6, 6.07) is 0. The molecule has 9 nitrogen and oxygen atoms in total. The van der Waals surface area contributed by atoms with Gasteiger partial charge in [0.1, 0.15) is 13.2 Å². The van der Waals surface area contributed by atoms with Crippen LogP contribution >= 0.6 is 0 Å². The zero-order chi connectivity index (χ0) is 66.1. The summed E-state index contributed by atoms with van der Waals surface area (Å²) in [4.78, 5) is 37.5. The number of rotatable bonds is 67. The van der Waals surface area contributed by atoms with E-state index in [1.54, 1.807) is 0 Å². The zero-order valence-corrected chi connectivity index (χ0v) is 59.2. The minimum absolute atomic E-state index is 0.137. The minimum atomic E-state index is -1.64. The van der Waals surface area contributed by atoms with Gasteiger partial charge in [-0.3, -0.25) is 9.59 Å². The third-order valence-electron chi connectivity index (χ3n) is 15.6. The van der Waals surface area contributed by atoms with E-state index < -0.39 is 24.3 Å². The second-order valence-corrected chi connectivity index (χ2v) is 25.5. The average molecular weight is 1260 g/mol. The van der Waals surface area contributed by atoms with Crippen LogP contribution in [-0.4, -0.2) is 82.3 Å². The van der Waals surface area contributed by atoms with Crippen LogP contribution < -0.4 is 5.11 Å². The SMILES string of the molecule is CC/C=C\C/C=C\C/C=C\C/C=C\C/C=C\C/C=C\C/C=C\C/C=C\C/C=C\C/C=C\C/C=C\C/C=C\CCCCCCC(=O)OC(COC(=O)CCCCCCCCCCCCCCCCCCCCCCCCCCC)COC(OCC[N+](C)(C)C)C(=O)[O-]. The Hall–Kier alpha value is -4.83. The Morgan fingerprint density at radius 2 is 0.626 bits per heavy atom. The van der Waals surface area contributed by atoms with E-state index >= 15 is 0 Å². The molecule has 0 N–H and O–H groups in total. The lowest BCUT2D eigenvalue weighted by molar-refractivity contribution is -0.870. The molecule has 0 bridgehead atoms. The van der Waals surface area contributed by atoms with Crippen LogP contribution in [0.3, 0.4) is 0 Å². The first kappa shape index (κ1) is 86.2. The fourth-order valence-corrected chi connectivity index (χ4v) is 9.99. The lowest BCUT2D eigenvalue weighted by Gasteiger charge is -2.26. The fraction of sp³-hybridized carbons (Fsp3) is 0.671. The molecule has 91 heavy (non-hydrogen) atoms. The minimum Gasteiger partial charge on any atom is -0.545 e. The van der Waals surface area contributed by atoms with Crippen molar-refractivity contribution in [2.45, 2.75) is 309 Å². The van der Waals surface area contributed by atoms with Crippen LogP contribution in [0.1, 0.15) is 296 Å². The number of hydrogen-bond acceptors (Lipinski definition) is 8. The number of aliphatic carboxylic acids is 1. The molecule has 0 aliphatic rings. The number of ether oxygens (including phenoxy) is 4. The maximum atomic E-state index is 12.9. The highest BCUT2D eigenvalue weighted by Crippen LogP contribution is 2.17. The largest absolute Gasteiger partial charge is 0.545 e. The molecule has 0 heterocycles. The van der Waals surface area contributed by atoms with Crippen LogP contribution in [-0.2, 0) is 33.3 Å². The summed E-state index contributed by atoms with van der Waals surface area (Å²) in [6.07, 6.45) is 101. The summed E-state index contributed by atoms with van der Waals surface area (Å²) in [7, 11) is 5.92. The molecule has 0 rings (SSSR count). The average Bonchev–Trinajstić information content (AvgIpc) is 3.53. The highest BCUT2D eigenvalue weighted by Gasteiger charge is 2.22. The summed E-state index contributed by atoms with van der Waals surface area (Å²) in [5.74, 6) is -2.32. The molecule has 0 aliphatic carbocycles. The van der Waals surface area contributed by atoms with Gasteiger partial charge in [0.2, 0.25) is 0 Å². The summed E-state index contributed by atoms with van der Waals surface area (Å²) in [5.41, 5.74) is 0. The number of allylic oxidation sites excluding steroid dienone is 24. The first-order valence-electron chi connectivity index (χ1n) is 37.0. The van der Waals surface area contributed by atoms with E-state index in [9.17, 15) is 19.5 Å². The van der Waals surface area contributed by atoms with Gasteiger partial charge in [-0.15, -0.1) is 0 Å². The molecule has 0 saturated heterocycles. The Morgan fingerprint density at radius 3 is 0.934 bits per heavy atom. The van der Waals surface area contributed by atoms with Crippen molar-refractivity contribution in [2.24, 2.45) is 0 Å². The van der Waals surface area contributed by atoms with E-state index in [1.165, 1.54) is 141 Å². The Bertz CT molecular complexity index is 2010. The zero-order valence-electron chi connectivity index (χ0n) is 59.2. The molecule has 0 radical (unpaired) electrons. The smallest absolute Gasteiger partial charge is 0.306 e. The number of carboxylic acids is 1. The molecular formula is C82H137NO8. The summed E-state index contributed by atoms with van der Waals surface area (Å²) >= 11 is 0. The standard InChI is InChI=1S/C82H137NO8/c1-6-8-10-12-14-16-18-20-22-24-26-28-30-32-33-34-35-36-37-38-39-40-41-42-43-44-45-46-47-49-51-53-55-57-59-61-63-65-67-69-71-73-80(85)91-78(77-90-82(81(86)87)88-75-74-83(3,4)5)76-89-79(84)72-70-68-66-64-62-60-58-56-54-52-50-48-31-29-27-25-23-21-19-17-15-13-11-9-7-2/h8,10,14,16,20,22,26,28,32-33,35-36,38-39,41-42,44-45,47,49,53,55,59,61,78,82H,6-7,9,11-13,15,17-19,21,23-25,27,29-31,34,37,40,43,46,48,50-52,54,56-58,60,62-77H2,1-5H3/b10-8-,16-14-,22-20-,28-26-,33-32-,36-35-,39-38-,42-41-,45-44-,49-47-,55-53-,61-59-. The van der Waals surface area contributed by atoms with Gasteiger partial charge < -0.3 is 33.3 Å². The molecule has 518 valence electrons. The van der Waals surface area contributed by atoms with E-state index in [-0.39, 0.29) is 38.6 Å². The van der Waals surface area contributed by atoms with Gasteiger partial charge in [0.25, 0.3) is 0 Å². The van der Waals surface area contributed by atoms with Crippen LogP contribution in [0.25, 0.3) is 0 Å². The number of esters is 2. The van der Waals surface area contributed by atoms with Crippen LogP contribution in [0.15, 0.2) is 146 Å². The van der Waals surface area contributed by atoms with Crippen molar-refractivity contribution in [1.29, 1.82) is 0 Å². The molecule has 0 spiro atoms. The Labute approximate surface area is 560 Å². The molecular weight excluding hydrogens is 1130 g/mol. The molecule has 0 aromatic carbocycles. The summed E-state index contributed by atoms with van der Waals surface area (Å²) in [6.45, 7) is 4.62. The number of unbranched alkanes of at least 4 members (excludes halogenated alkanes) is 28. The van der Waals surface area contributed by atoms with Gasteiger partial charge in [0, 0.05) is 12.8 Å². The van der Waals surface area contributed by atoms with Gasteiger partial charge in [-0.05, 0) is 103 Å². The first-order chi connectivity index (χ1) is 44.6. The highest BCUT2D eigenvalue weighted by atomic mass is 16.7. The molecule has 2 atom stereocenters. The topological polar surface area (TPSA) is 111 Å². The first-order valence-corrected chi connectivity index (χ1v) is 37.0. The second kappa shape index (κ2) is 71.0. The number of hydrogen-bond donors (Lipinski definition) is 0. The second-order valence-electron chi connectivity index (χ2n) is 25.5. The molecule has 0 amide bonds. The highest BCUT2D eigenvalue weighted by molar-refractivity contribution is 5.70. The van der Waals surface area contributed by atoms with Crippen molar-refractivity contribution in [1.82, 2.24) is 0 Å². The van der Waals surface area contributed by atoms with Gasteiger partial charge >= 0.3 is 11.9 Å². The molecule has 2 unspecified atom stereocenters. The number of quaternary nitrogens is 1. The van der Waals surface area contributed by atoms with Crippen molar-refractivity contribution in [3.63, 3.8) is 0 Å². The lowest BCUT2D eigenvalue weighted by Crippen LogP contribution is -2.44. The van der Waals surface area contributed by atoms with Crippen LogP contribution in [0.4, 0.5) is 0 Å². The Kier molecular flexibility index (Phi) is 67.3. The quantitative estimate of drug-likeness (QED) is 0.0195. The fourth-order valence-electron chi connectivity index (χ4n) is 9.99. The molecule has 0 fully saturated rings. The number of nitrogens with zero attached hydrogens (tertiary/aromatic N) is 1. The Morgan fingerprint density at radius 1 is 0.341 bits per heavy atom. The van der Waals surface area contributed by atoms with Crippen molar-refractivity contribution in [3.8, 4) is 0 Å². The number of carbonyl (C=O) groups excluding carboxylic acids is 3. The monoisotopic (exact) mass is 1260 g/mol. The van der Waals surface area contributed by atoms with Crippen molar-refractivity contribution >= 4 is 17.9 Å². The van der Waals surface area contributed by atoms with E-state index in [4.69, 9.17) is 18.9 Å². The molecule has 0 aromatic rings. The van der Waals surface area contributed by atoms with Crippen LogP contribution in [0.5, 0.6) is 0 Å². The van der Waals surface area contributed by atoms with E-state index in [0.717, 1.165) is 122 Å². The number of carbonyl (C=O) groups is 3. The van der Waals surface area contributed by atoms with Gasteiger partial charge in [0.05, 0.1) is 40.3 Å². The van der Waals surface area contributed by atoms with Crippen molar-refractivity contribution < 1.29 is 42.9 Å². The van der Waals surface area contributed by atoms with Gasteiger partial charge in [-0.2, -0.15) is 0 Å². The predicted molar refractivity (Wildman–Crippen MR) is 389 cm³/mol. The molecule has 9 heteroatoms. The number of likely N-dealkylation sites (N-methyl/N-ethyl adjacent to an activating group) is 1. The molecule has 0 aromatic heterocycles. The normalized spacial score (nSPS) is 13.5. The van der Waals surface area contributed by atoms with Crippen molar-refractivity contribution in [3.05, 3.63) is 146 Å². The molecule has 0 aliphatic heterocycles. The van der Waals surface area contributed by atoms with Crippen LogP contribution in [0, 0.1) is 0 Å². The lowest BCUT2D eigenvalue weighted by atomic mass is 10.0. The van der Waals surface area contributed by atoms with E-state index in [1.807, 2.05) is 21.1 Å². The van der Waals surface area contributed by atoms with Gasteiger partial charge in [0.15, 0.2) is 12.4 Å². The maximum absolute atomic E-state index is 12.9. The van der Waals surface area contributed by atoms with Gasteiger partial charge in [-0.25, -0.2) is 0 Å². The molecule has 0 saturated carbocycles. The van der Waals surface area contributed by atoms with Gasteiger partial charge in [-0.1, -0.05) is 327 Å². The van der Waals surface area contributed by atoms with Crippen molar-refractivity contribution in [2.75, 3.05) is 47.5 Å². The third kappa shape index (κ3) is 72.5. The van der Waals surface area contributed by atoms with E-state index in [0.29, 0.717) is 17.4 Å². The summed E-state index contributed by atoms with van der Waals surface area (Å²) < 4.78 is 22.8. The predicted octanol–water partition coefficient (Wildman–Crippen LogP) is 22.1. The maximum Gasteiger partial charge on any atom is 0.306 e. The van der Waals surface area contributed by atoms with E-state index in [2.05, 4.69) is 160 Å². The summed E-state index contributed by atoms with van der Waals surface area (Å²) in [5, 5.41) is 11.8. The number of carboxylic acid groups (broad SMARTS) is 1. The third-order valence-corrected chi connectivity index (χ3v) is 15.6.